The van der Waals surface area contributed by atoms with Crippen LogP contribution < -0.4 is 9.62 Å². The standard InChI is InChI=1S/C20H25FN2O3S/c1-5-19(20(24)22-13-16-8-6-7-9-18(16)21)23(27(4,25)26)17-11-10-14(2)15(3)12-17/h6-12,19H,5,13H2,1-4H3,(H,22,24). The lowest BCUT2D eigenvalue weighted by Gasteiger charge is -2.30. The minimum absolute atomic E-state index is 0.00741. The lowest BCUT2D eigenvalue weighted by Crippen LogP contribution is -2.49. The summed E-state index contributed by atoms with van der Waals surface area (Å²) in [7, 11) is -3.70. The van der Waals surface area contributed by atoms with E-state index in [0.29, 0.717) is 11.3 Å². The smallest absolute Gasteiger partial charge is 0.244 e. The fourth-order valence-corrected chi connectivity index (χ4v) is 4.07. The number of hydrogen-bond acceptors (Lipinski definition) is 3. The van der Waals surface area contributed by atoms with Crippen LogP contribution in [0.25, 0.3) is 0 Å². The van der Waals surface area contributed by atoms with Crippen molar-refractivity contribution in [1.29, 1.82) is 0 Å². The first kappa shape index (κ1) is 20.9. The van der Waals surface area contributed by atoms with E-state index in [1.165, 1.54) is 6.07 Å². The van der Waals surface area contributed by atoms with Gasteiger partial charge in [0.15, 0.2) is 0 Å². The summed E-state index contributed by atoms with van der Waals surface area (Å²) in [5, 5.41) is 2.65. The number of halogens is 1. The molecule has 7 heteroatoms. The van der Waals surface area contributed by atoms with Crippen molar-refractivity contribution >= 4 is 21.6 Å². The molecule has 5 nitrogen and oxygen atoms in total. The van der Waals surface area contributed by atoms with Crippen LogP contribution >= 0.6 is 0 Å². The molecule has 2 aromatic rings. The summed E-state index contributed by atoms with van der Waals surface area (Å²) in [6.45, 7) is 5.56. The van der Waals surface area contributed by atoms with Crippen molar-refractivity contribution in [2.24, 2.45) is 0 Å². The minimum atomic E-state index is -3.70. The molecule has 1 unspecified atom stereocenters. The molecule has 27 heavy (non-hydrogen) atoms. The molecule has 0 heterocycles. The topological polar surface area (TPSA) is 66.5 Å². The third-order valence-electron chi connectivity index (χ3n) is 4.49. The van der Waals surface area contributed by atoms with E-state index in [1.807, 2.05) is 19.9 Å². The number of benzene rings is 2. The molecule has 0 aliphatic carbocycles. The van der Waals surface area contributed by atoms with E-state index in [4.69, 9.17) is 0 Å². The highest BCUT2D eigenvalue weighted by Crippen LogP contribution is 2.25. The zero-order valence-electron chi connectivity index (χ0n) is 16.0. The molecular weight excluding hydrogens is 367 g/mol. The average Bonchev–Trinajstić information content (AvgIpc) is 2.60. The Morgan fingerprint density at radius 2 is 1.81 bits per heavy atom. The van der Waals surface area contributed by atoms with Crippen molar-refractivity contribution in [2.45, 2.75) is 39.8 Å². The van der Waals surface area contributed by atoms with Crippen molar-refractivity contribution in [2.75, 3.05) is 10.6 Å². The summed E-state index contributed by atoms with van der Waals surface area (Å²) < 4.78 is 39.8. The molecule has 0 aliphatic rings. The molecule has 0 saturated carbocycles. The SMILES string of the molecule is CCC(C(=O)NCc1ccccc1F)N(c1ccc(C)c(C)c1)S(C)(=O)=O. The number of nitrogens with zero attached hydrogens (tertiary/aromatic N) is 1. The maximum absolute atomic E-state index is 13.8. The zero-order valence-corrected chi connectivity index (χ0v) is 16.8. The van der Waals surface area contributed by atoms with Gasteiger partial charge in [0.2, 0.25) is 15.9 Å². The van der Waals surface area contributed by atoms with Gasteiger partial charge in [-0.3, -0.25) is 9.10 Å². The number of rotatable bonds is 7. The number of anilines is 1. The highest BCUT2D eigenvalue weighted by molar-refractivity contribution is 7.92. The summed E-state index contributed by atoms with van der Waals surface area (Å²) >= 11 is 0. The van der Waals surface area contributed by atoms with Crippen molar-refractivity contribution in [3.8, 4) is 0 Å². The minimum Gasteiger partial charge on any atom is -0.350 e. The molecule has 1 N–H and O–H groups in total. The Kier molecular flexibility index (Phi) is 6.59. The van der Waals surface area contributed by atoms with Crippen LogP contribution in [0.15, 0.2) is 42.5 Å². The van der Waals surface area contributed by atoms with E-state index in [-0.39, 0.29) is 13.0 Å². The van der Waals surface area contributed by atoms with E-state index in [1.54, 1.807) is 37.3 Å². The highest BCUT2D eigenvalue weighted by atomic mass is 32.2. The molecule has 146 valence electrons. The molecule has 0 radical (unpaired) electrons. The maximum Gasteiger partial charge on any atom is 0.244 e. The Labute approximate surface area is 160 Å². The first-order valence-corrected chi connectivity index (χ1v) is 10.6. The van der Waals surface area contributed by atoms with Crippen LogP contribution in [-0.4, -0.2) is 26.6 Å². The zero-order chi connectivity index (χ0) is 20.2. The molecule has 1 amide bonds. The third-order valence-corrected chi connectivity index (χ3v) is 5.67. The highest BCUT2D eigenvalue weighted by Gasteiger charge is 2.31. The van der Waals surface area contributed by atoms with Gasteiger partial charge in [0, 0.05) is 12.1 Å². The average molecular weight is 392 g/mol. The number of carbonyl (C=O) groups is 1. The number of aryl methyl sites for hydroxylation is 2. The lowest BCUT2D eigenvalue weighted by molar-refractivity contribution is -0.122. The summed E-state index contributed by atoms with van der Waals surface area (Å²) in [5.41, 5.74) is 2.75. The Morgan fingerprint density at radius 3 is 2.37 bits per heavy atom. The van der Waals surface area contributed by atoms with Gasteiger partial charge in [0.05, 0.1) is 11.9 Å². The molecule has 0 fully saturated rings. The Bertz CT molecular complexity index is 929. The lowest BCUT2D eigenvalue weighted by atomic mass is 10.1. The Hall–Kier alpha value is -2.41. The molecule has 0 bridgehead atoms. The van der Waals surface area contributed by atoms with Gasteiger partial charge in [0.1, 0.15) is 11.9 Å². The van der Waals surface area contributed by atoms with Crippen LogP contribution in [0.4, 0.5) is 10.1 Å². The van der Waals surface area contributed by atoms with Gasteiger partial charge in [0.25, 0.3) is 0 Å². The van der Waals surface area contributed by atoms with Crippen LogP contribution in [0.2, 0.25) is 0 Å². The van der Waals surface area contributed by atoms with Crippen LogP contribution in [0.1, 0.15) is 30.0 Å². The van der Waals surface area contributed by atoms with Gasteiger partial charge in [-0.05, 0) is 49.6 Å². The first-order valence-electron chi connectivity index (χ1n) is 8.73. The molecular formula is C20H25FN2O3S. The number of sulfonamides is 1. The summed E-state index contributed by atoms with van der Waals surface area (Å²) in [5.74, 6) is -0.885. The second kappa shape index (κ2) is 8.52. The van der Waals surface area contributed by atoms with Crippen molar-refractivity contribution in [3.63, 3.8) is 0 Å². The third kappa shape index (κ3) is 5.07. The van der Waals surface area contributed by atoms with Crippen molar-refractivity contribution < 1.29 is 17.6 Å². The molecule has 0 aliphatic heterocycles. The second-order valence-electron chi connectivity index (χ2n) is 6.56. The van der Waals surface area contributed by atoms with Crippen molar-refractivity contribution in [3.05, 3.63) is 65.0 Å². The van der Waals surface area contributed by atoms with E-state index in [2.05, 4.69) is 5.32 Å². The van der Waals surface area contributed by atoms with Gasteiger partial charge in [-0.2, -0.15) is 0 Å². The number of nitrogens with one attached hydrogen (secondary N) is 1. The number of hydrogen-bond donors (Lipinski definition) is 1. The number of carbonyl (C=O) groups excluding carboxylic acids is 1. The van der Waals surface area contributed by atoms with Gasteiger partial charge >= 0.3 is 0 Å². The molecule has 2 aromatic carbocycles. The second-order valence-corrected chi connectivity index (χ2v) is 8.42. The molecule has 2 rings (SSSR count). The molecule has 1 atom stereocenters. The quantitative estimate of drug-likeness (QED) is 0.786. The predicted molar refractivity (Wildman–Crippen MR) is 106 cm³/mol. The molecule has 0 saturated heterocycles. The predicted octanol–water partition coefficient (Wildman–Crippen LogP) is 3.30. The molecule has 0 aromatic heterocycles. The van der Waals surface area contributed by atoms with E-state index < -0.39 is 27.8 Å². The van der Waals surface area contributed by atoms with Gasteiger partial charge in [-0.25, -0.2) is 12.8 Å². The summed E-state index contributed by atoms with van der Waals surface area (Å²) in [6.07, 6.45) is 1.36. The summed E-state index contributed by atoms with van der Waals surface area (Å²) in [6, 6.07) is 10.5. The van der Waals surface area contributed by atoms with Crippen molar-refractivity contribution in [1.82, 2.24) is 5.32 Å². The fraction of sp³-hybridized carbons (Fsp3) is 0.350. The van der Waals surface area contributed by atoms with E-state index >= 15 is 0 Å². The van der Waals surface area contributed by atoms with Gasteiger partial charge in [-0.15, -0.1) is 0 Å². The maximum atomic E-state index is 13.8. The van der Waals surface area contributed by atoms with E-state index in [0.717, 1.165) is 21.7 Å². The fourth-order valence-electron chi connectivity index (χ4n) is 2.86. The monoisotopic (exact) mass is 392 g/mol. The van der Waals surface area contributed by atoms with Crippen LogP contribution in [0, 0.1) is 19.7 Å². The van der Waals surface area contributed by atoms with Crippen LogP contribution in [-0.2, 0) is 21.4 Å². The molecule has 0 spiro atoms. The normalized spacial score (nSPS) is 12.5. The van der Waals surface area contributed by atoms with E-state index in [9.17, 15) is 17.6 Å². The Morgan fingerprint density at radius 1 is 1.15 bits per heavy atom. The largest absolute Gasteiger partial charge is 0.350 e. The van der Waals surface area contributed by atoms with Gasteiger partial charge in [-0.1, -0.05) is 31.2 Å². The van der Waals surface area contributed by atoms with Crippen LogP contribution in [0.5, 0.6) is 0 Å². The number of amides is 1. The Balaban J connectivity index is 2.30. The van der Waals surface area contributed by atoms with Gasteiger partial charge < -0.3 is 5.32 Å². The first-order chi connectivity index (χ1) is 12.6. The van der Waals surface area contributed by atoms with Crippen LogP contribution in [0.3, 0.4) is 0 Å². The summed E-state index contributed by atoms with van der Waals surface area (Å²) in [4.78, 5) is 12.7.